The molecule has 0 bridgehead atoms. The van der Waals surface area contributed by atoms with Crippen LogP contribution in [0.2, 0.25) is 5.02 Å². The molecule has 0 unspecified atom stereocenters. The Morgan fingerprint density at radius 2 is 1.75 bits per heavy atom. The highest BCUT2D eigenvalue weighted by molar-refractivity contribution is 6.32. The van der Waals surface area contributed by atoms with Crippen molar-refractivity contribution in [2.24, 2.45) is 0 Å². The van der Waals surface area contributed by atoms with Crippen LogP contribution in [0.25, 0.3) is 5.69 Å². The number of nitrogens with zero attached hydrogens (tertiary/aromatic N) is 4. The Balaban J connectivity index is 1.57. The maximum absolute atomic E-state index is 12.8. The van der Waals surface area contributed by atoms with Crippen LogP contribution in [0.3, 0.4) is 0 Å². The molecule has 0 atom stereocenters. The predicted molar refractivity (Wildman–Crippen MR) is 105 cm³/mol. The molecule has 1 heterocycles. The molecule has 3 aromatic carbocycles. The lowest BCUT2D eigenvalue weighted by atomic mass is 10.2. The molecular weight excluding hydrogens is 378 g/mol. The molecule has 1 amide bonds. The van der Waals surface area contributed by atoms with Gasteiger partial charge >= 0.3 is 0 Å². The number of para-hydroxylation sites is 3. The first-order valence-corrected chi connectivity index (χ1v) is 8.75. The van der Waals surface area contributed by atoms with Crippen molar-refractivity contribution >= 4 is 23.2 Å². The summed E-state index contributed by atoms with van der Waals surface area (Å²) in [6, 6.07) is 21.3. The van der Waals surface area contributed by atoms with Crippen LogP contribution in [-0.2, 0) is 0 Å². The zero-order chi connectivity index (χ0) is 19.3. The minimum atomic E-state index is -0.287. The number of hydrogen-bond donors (Lipinski definition) is 1. The van der Waals surface area contributed by atoms with Crippen LogP contribution in [0.4, 0.5) is 5.69 Å². The number of halogens is 1. The maximum atomic E-state index is 12.8. The van der Waals surface area contributed by atoms with Gasteiger partial charge in [-0.2, -0.15) is 0 Å². The average molecular weight is 392 g/mol. The van der Waals surface area contributed by atoms with Crippen molar-refractivity contribution in [3.8, 4) is 17.2 Å². The minimum Gasteiger partial charge on any atom is -0.454 e. The van der Waals surface area contributed by atoms with Gasteiger partial charge in [-0.3, -0.25) is 4.79 Å². The van der Waals surface area contributed by atoms with E-state index in [1.54, 1.807) is 42.5 Å². The molecule has 4 rings (SSSR count). The number of carbonyl (C=O) groups is 1. The Morgan fingerprint density at radius 1 is 0.964 bits per heavy atom. The fourth-order valence-corrected chi connectivity index (χ4v) is 2.74. The Kier molecular flexibility index (Phi) is 4.99. The van der Waals surface area contributed by atoms with Crippen molar-refractivity contribution in [1.29, 1.82) is 0 Å². The summed E-state index contributed by atoms with van der Waals surface area (Å²) in [6.07, 6.45) is 1.46. The molecule has 1 N–H and O–H groups in total. The highest BCUT2D eigenvalue weighted by atomic mass is 35.5. The largest absolute Gasteiger partial charge is 0.454 e. The number of nitrogens with one attached hydrogen (secondary N) is 1. The molecule has 28 heavy (non-hydrogen) atoms. The van der Waals surface area contributed by atoms with Gasteiger partial charge in [-0.05, 0) is 52.9 Å². The molecule has 0 aliphatic heterocycles. The number of tetrazole rings is 1. The van der Waals surface area contributed by atoms with Crippen LogP contribution in [-0.4, -0.2) is 26.1 Å². The van der Waals surface area contributed by atoms with Crippen molar-refractivity contribution in [3.63, 3.8) is 0 Å². The molecule has 138 valence electrons. The first kappa shape index (κ1) is 17.7. The molecule has 0 saturated carbocycles. The molecular formula is C20H14ClN5O2. The Bertz CT molecular complexity index is 1120. The number of aromatic nitrogens is 4. The third-order valence-electron chi connectivity index (χ3n) is 3.91. The molecule has 8 heteroatoms. The summed E-state index contributed by atoms with van der Waals surface area (Å²) in [7, 11) is 0. The summed E-state index contributed by atoms with van der Waals surface area (Å²) in [6.45, 7) is 0. The van der Waals surface area contributed by atoms with Gasteiger partial charge in [-0.1, -0.05) is 41.9 Å². The standard InChI is InChI=1S/C20H14ClN5O2/c21-16-8-1-3-10-18(16)28-19-11-4-2-9-17(19)23-20(27)14-6-5-7-15(12-14)26-13-22-24-25-26/h1-13H,(H,23,27). The van der Waals surface area contributed by atoms with E-state index in [1.807, 2.05) is 30.3 Å². The first-order chi connectivity index (χ1) is 13.7. The van der Waals surface area contributed by atoms with Crippen LogP contribution in [0.15, 0.2) is 79.1 Å². The fraction of sp³-hybridized carbons (Fsp3) is 0. The zero-order valence-electron chi connectivity index (χ0n) is 14.5. The number of ether oxygens (including phenoxy) is 1. The minimum absolute atomic E-state index is 0.287. The third-order valence-corrected chi connectivity index (χ3v) is 4.23. The van der Waals surface area contributed by atoms with E-state index in [0.29, 0.717) is 33.5 Å². The van der Waals surface area contributed by atoms with E-state index in [-0.39, 0.29) is 5.91 Å². The second-order valence-corrected chi connectivity index (χ2v) is 6.19. The van der Waals surface area contributed by atoms with Crippen molar-refractivity contribution < 1.29 is 9.53 Å². The zero-order valence-corrected chi connectivity index (χ0v) is 15.2. The van der Waals surface area contributed by atoms with Crippen molar-refractivity contribution in [3.05, 3.63) is 89.7 Å². The lowest BCUT2D eigenvalue weighted by molar-refractivity contribution is 0.102. The van der Waals surface area contributed by atoms with E-state index >= 15 is 0 Å². The third kappa shape index (κ3) is 3.84. The molecule has 0 spiro atoms. The van der Waals surface area contributed by atoms with Crippen LogP contribution < -0.4 is 10.1 Å². The number of benzene rings is 3. The highest BCUT2D eigenvalue weighted by Crippen LogP contribution is 2.33. The van der Waals surface area contributed by atoms with Crippen LogP contribution in [0.5, 0.6) is 11.5 Å². The normalized spacial score (nSPS) is 10.5. The highest BCUT2D eigenvalue weighted by Gasteiger charge is 2.12. The number of carbonyl (C=O) groups excluding carboxylic acids is 1. The van der Waals surface area contributed by atoms with E-state index < -0.39 is 0 Å². The lowest BCUT2D eigenvalue weighted by Gasteiger charge is -2.13. The van der Waals surface area contributed by atoms with E-state index in [4.69, 9.17) is 16.3 Å². The number of hydrogen-bond acceptors (Lipinski definition) is 5. The molecule has 0 aliphatic rings. The monoisotopic (exact) mass is 391 g/mol. The van der Waals surface area contributed by atoms with E-state index in [0.717, 1.165) is 0 Å². The smallest absolute Gasteiger partial charge is 0.255 e. The van der Waals surface area contributed by atoms with Gasteiger partial charge in [-0.15, -0.1) is 5.10 Å². The summed E-state index contributed by atoms with van der Waals surface area (Å²) in [5.41, 5.74) is 1.67. The topological polar surface area (TPSA) is 81.9 Å². The predicted octanol–water partition coefficient (Wildman–Crippen LogP) is 4.36. The molecule has 0 aliphatic carbocycles. The molecule has 4 aromatic rings. The van der Waals surface area contributed by atoms with Gasteiger partial charge in [0.25, 0.3) is 5.91 Å². The summed E-state index contributed by atoms with van der Waals surface area (Å²) < 4.78 is 7.36. The van der Waals surface area contributed by atoms with E-state index in [9.17, 15) is 4.79 Å². The number of amides is 1. The summed E-state index contributed by atoms with van der Waals surface area (Å²) in [4.78, 5) is 12.8. The van der Waals surface area contributed by atoms with E-state index in [2.05, 4.69) is 20.8 Å². The average Bonchev–Trinajstić information content (AvgIpc) is 3.26. The number of anilines is 1. The van der Waals surface area contributed by atoms with Gasteiger partial charge in [0.2, 0.25) is 0 Å². The van der Waals surface area contributed by atoms with Crippen LogP contribution in [0.1, 0.15) is 10.4 Å². The van der Waals surface area contributed by atoms with Gasteiger partial charge < -0.3 is 10.1 Å². The second-order valence-electron chi connectivity index (χ2n) is 5.79. The van der Waals surface area contributed by atoms with Crippen molar-refractivity contribution in [2.75, 3.05) is 5.32 Å². The first-order valence-electron chi connectivity index (χ1n) is 8.37. The summed E-state index contributed by atoms with van der Waals surface area (Å²) >= 11 is 6.16. The molecule has 1 aromatic heterocycles. The SMILES string of the molecule is O=C(Nc1ccccc1Oc1ccccc1Cl)c1cccc(-n2cnnn2)c1. The van der Waals surface area contributed by atoms with E-state index in [1.165, 1.54) is 11.0 Å². The molecule has 0 radical (unpaired) electrons. The molecule has 0 fully saturated rings. The summed E-state index contributed by atoms with van der Waals surface area (Å²) in [5, 5.41) is 14.4. The summed E-state index contributed by atoms with van der Waals surface area (Å²) in [5.74, 6) is 0.706. The Hall–Kier alpha value is -3.71. The Labute approximate surface area is 165 Å². The Morgan fingerprint density at radius 3 is 2.54 bits per heavy atom. The lowest BCUT2D eigenvalue weighted by Crippen LogP contribution is -2.13. The van der Waals surface area contributed by atoms with Gasteiger partial charge in [0.15, 0.2) is 5.75 Å². The fourth-order valence-electron chi connectivity index (χ4n) is 2.57. The van der Waals surface area contributed by atoms with Gasteiger partial charge in [0.1, 0.15) is 12.1 Å². The van der Waals surface area contributed by atoms with Gasteiger partial charge in [0.05, 0.1) is 16.4 Å². The maximum Gasteiger partial charge on any atom is 0.255 e. The van der Waals surface area contributed by atoms with Crippen molar-refractivity contribution in [1.82, 2.24) is 20.2 Å². The molecule has 7 nitrogen and oxygen atoms in total. The quantitative estimate of drug-likeness (QED) is 0.546. The van der Waals surface area contributed by atoms with Gasteiger partial charge in [-0.25, -0.2) is 4.68 Å². The van der Waals surface area contributed by atoms with Crippen LogP contribution in [0, 0.1) is 0 Å². The number of rotatable bonds is 5. The second kappa shape index (κ2) is 7.89. The van der Waals surface area contributed by atoms with Crippen LogP contribution >= 0.6 is 11.6 Å². The van der Waals surface area contributed by atoms with Crippen molar-refractivity contribution in [2.45, 2.75) is 0 Å². The van der Waals surface area contributed by atoms with Gasteiger partial charge in [0, 0.05) is 5.56 Å². The molecule has 0 saturated heterocycles.